The normalized spacial score (nSPS) is 30.9. The van der Waals surface area contributed by atoms with Crippen molar-refractivity contribution in [1.82, 2.24) is 9.62 Å². The molecule has 0 spiro atoms. The van der Waals surface area contributed by atoms with E-state index >= 15 is 0 Å². The summed E-state index contributed by atoms with van der Waals surface area (Å²) in [7, 11) is -3.09. The fraction of sp³-hybridized carbons (Fsp3) is 1.00. The molecule has 1 atom stereocenters. The van der Waals surface area contributed by atoms with Crippen LogP contribution in [0.5, 0.6) is 0 Å². The van der Waals surface area contributed by atoms with Crippen molar-refractivity contribution in [2.45, 2.75) is 51.2 Å². The van der Waals surface area contributed by atoms with Gasteiger partial charge in [0.25, 0.3) is 0 Å². The Hall–Kier alpha value is -0.130. The molecule has 0 aliphatic carbocycles. The highest BCUT2D eigenvalue weighted by molar-refractivity contribution is 7.89. The second-order valence-electron chi connectivity index (χ2n) is 6.43. The zero-order valence-corrected chi connectivity index (χ0v) is 12.4. The molecular weight excluding hydrogens is 248 g/mol. The predicted molar refractivity (Wildman–Crippen MR) is 74.0 cm³/mol. The molecule has 0 aromatic carbocycles. The molecule has 2 saturated heterocycles. The largest absolute Gasteiger partial charge is 0.315 e. The second-order valence-corrected chi connectivity index (χ2v) is 8.64. The molecule has 0 aromatic heterocycles. The lowest BCUT2D eigenvalue weighted by molar-refractivity contribution is 0.313. The number of piperidine rings is 1. The van der Waals surface area contributed by atoms with E-state index in [1.807, 2.05) is 0 Å². The first-order valence-corrected chi connectivity index (χ1v) is 8.62. The molecule has 2 fully saturated rings. The molecule has 2 aliphatic rings. The van der Waals surface area contributed by atoms with Gasteiger partial charge in [0.2, 0.25) is 10.0 Å². The van der Waals surface area contributed by atoms with Crippen LogP contribution in [0.2, 0.25) is 0 Å². The maximum atomic E-state index is 12.6. The minimum atomic E-state index is -3.09. The van der Waals surface area contributed by atoms with E-state index in [1.165, 1.54) is 0 Å². The predicted octanol–water partition coefficient (Wildman–Crippen LogP) is 1.58. The Morgan fingerprint density at radius 1 is 1.17 bits per heavy atom. The van der Waals surface area contributed by atoms with Crippen molar-refractivity contribution in [3.63, 3.8) is 0 Å². The molecule has 0 saturated carbocycles. The highest BCUT2D eigenvalue weighted by Crippen LogP contribution is 2.31. The monoisotopic (exact) mass is 274 g/mol. The number of rotatable bonds is 2. The van der Waals surface area contributed by atoms with Crippen LogP contribution in [0.1, 0.15) is 46.0 Å². The van der Waals surface area contributed by atoms with E-state index in [0.29, 0.717) is 19.6 Å². The van der Waals surface area contributed by atoms with Gasteiger partial charge in [0.15, 0.2) is 0 Å². The zero-order valence-electron chi connectivity index (χ0n) is 11.6. The van der Waals surface area contributed by atoms with Gasteiger partial charge in [-0.2, -0.15) is 0 Å². The fourth-order valence-electron chi connectivity index (χ4n) is 2.94. The van der Waals surface area contributed by atoms with Gasteiger partial charge >= 0.3 is 0 Å². The number of nitrogens with zero attached hydrogens (tertiary/aromatic N) is 1. The van der Waals surface area contributed by atoms with Gasteiger partial charge in [-0.15, -0.1) is 0 Å². The zero-order chi connectivity index (χ0) is 13.2. The van der Waals surface area contributed by atoms with Crippen LogP contribution in [0.15, 0.2) is 0 Å². The Bertz CT molecular complexity index is 372. The van der Waals surface area contributed by atoms with Crippen molar-refractivity contribution < 1.29 is 8.42 Å². The van der Waals surface area contributed by atoms with Gasteiger partial charge < -0.3 is 5.32 Å². The SMILES string of the molecule is CC1(C)CCCN(S(=O)(=O)C2CCCNC2)CC1. The molecular formula is C13H26N2O2S. The third-order valence-electron chi connectivity index (χ3n) is 4.33. The van der Waals surface area contributed by atoms with E-state index in [0.717, 1.165) is 38.6 Å². The van der Waals surface area contributed by atoms with Crippen molar-refractivity contribution in [3.05, 3.63) is 0 Å². The topological polar surface area (TPSA) is 49.4 Å². The molecule has 0 amide bonds. The van der Waals surface area contributed by atoms with Crippen LogP contribution < -0.4 is 5.32 Å². The summed E-state index contributed by atoms with van der Waals surface area (Å²) < 4.78 is 26.9. The van der Waals surface area contributed by atoms with Gasteiger partial charge in [-0.25, -0.2) is 12.7 Å². The van der Waals surface area contributed by atoms with Crippen molar-refractivity contribution in [2.24, 2.45) is 5.41 Å². The van der Waals surface area contributed by atoms with E-state index in [1.54, 1.807) is 4.31 Å². The van der Waals surface area contributed by atoms with E-state index in [2.05, 4.69) is 19.2 Å². The molecule has 2 rings (SSSR count). The summed E-state index contributed by atoms with van der Waals surface area (Å²) in [4.78, 5) is 0. The molecule has 2 aliphatic heterocycles. The lowest BCUT2D eigenvalue weighted by Gasteiger charge is -2.29. The van der Waals surface area contributed by atoms with Crippen LogP contribution in [0.25, 0.3) is 0 Å². The lowest BCUT2D eigenvalue weighted by Crippen LogP contribution is -2.46. The third kappa shape index (κ3) is 3.25. The van der Waals surface area contributed by atoms with Crippen molar-refractivity contribution >= 4 is 10.0 Å². The molecule has 4 nitrogen and oxygen atoms in total. The molecule has 2 heterocycles. The van der Waals surface area contributed by atoms with Crippen LogP contribution in [0, 0.1) is 5.41 Å². The van der Waals surface area contributed by atoms with Crippen molar-refractivity contribution in [2.75, 3.05) is 26.2 Å². The first-order chi connectivity index (χ1) is 8.42. The summed E-state index contributed by atoms with van der Waals surface area (Å²) >= 11 is 0. The van der Waals surface area contributed by atoms with E-state index in [9.17, 15) is 8.42 Å². The van der Waals surface area contributed by atoms with E-state index < -0.39 is 10.0 Å². The molecule has 1 N–H and O–H groups in total. The number of hydrogen-bond donors (Lipinski definition) is 1. The minimum absolute atomic E-state index is 0.201. The summed E-state index contributed by atoms with van der Waals surface area (Å²) in [5.74, 6) is 0. The van der Waals surface area contributed by atoms with Gasteiger partial charge in [-0.3, -0.25) is 0 Å². The summed E-state index contributed by atoms with van der Waals surface area (Å²) in [6.07, 6.45) is 4.89. The standard InChI is InChI=1S/C13H26N2O2S/c1-13(2)6-4-9-15(10-7-13)18(16,17)12-5-3-8-14-11-12/h12,14H,3-11H2,1-2H3. The van der Waals surface area contributed by atoms with Gasteiger partial charge in [0.05, 0.1) is 5.25 Å². The summed E-state index contributed by atoms with van der Waals surface area (Å²) in [5, 5.41) is 3.00. The van der Waals surface area contributed by atoms with Crippen LogP contribution in [-0.4, -0.2) is 44.2 Å². The van der Waals surface area contributed by atoms with E-state index in [4.69, 9.17) is 0 Å². The Morgan fingerprint density at radius 2 is 1.94 bits per heavy atom. The Kier molecular flexibility index (Phi) is 4.34. The molecule has 1 unspecified atom stereocenters. The molecule has 18 heavy (non-hydrogen) atoms. The Labute approximate surface area is 111 Å². The summed E-state index contributed by atoms with van der Waals surface area (Å²) in [6.45, 7) is 7.48. The minimum Gasteiger partial charge on any atom is -0.315 e. The average Bonchev–Trinajstić information content (AvgIpc) is 2.52. The Balaban J connectivity index is 2.05. The number of hydrogen-bond acceptors (Lipinski definition) is 3. The van der Waals surface area contributed by atoms with Crippen LogP contribution >= 0.6 is 0 Å². The van der Waals surface area contributed by atoms with Crippen molar-refractivity contribution in [1.29, 1.82) is 0 Å². The van der Waals surface area contributed by atoms with Gasteiger partial charge in [-0.05, 0) is 44.1 Å². The highest BCUT2D eigenvalue weighted by Gasteiger charge is 2.35. The fourth-order valence-corrected chi connectivity index (χ4v) is 4.88. The molecule has 5 heteroatoms. The van der Waals surface area contributed by atoms with Gasteiger partial charge in [-0.1, -0.05) is 13.8 Å². The van der Waals surface area contributed by atoms with Crippen LogP contribution in [-0.2, 0) is 10.0 Å². The van der Waals surface area contributed by atoms with Crippen LogP contribution in [0.4, 0.5) is 0 Å². The van der Waals surface area contributed by atoms with Gasteiger partial charge in [0.1, 0.15) is 0 Å². The maximum absolute atomic E-state index is 12.6. The first kappa shape index (κ1) is 14.3. The summed E-state index contributed by atoms with van der Waals surface area (Å²) in [6, 6.07) is 0. The van der Waals surface area contributed by atoms with Gasteiger partial charge in [0, 0.05) is 19.6 Å². The lowest BCUT2D eigenvalue weighted by atomic mass is 9.85. The second kappa shape index (κ2) is 5.47. The molecule has 0 bridgehead atoms. The third-order valence-corrected chi connectivity index (χ3v) is 6.66. The first-order valence-electron chi connectivity index (χ1n) is 7.11. The molecule has 0 radical (unpaired) electrons. The number of nitrogens with one attached hydrogen (secondary N) is 1. The van der Waals surface area contributed by atoms with Crippen molar-refractivity contribution in [3.8, 4) is 0 Å². The van der Waals surface area contributed by atoms with Crippen LogP contribution in [0.3, 0.4) is 0 Å². The molecule has 0 aromatic rings. The number of sulfonamides is 1. The summed E-state index contributed by atoms with van der Waals surface area (Å²) in [5.41, 5.74) is 0.287. The average molecular weight is 274 g/mol. The molecule has 106 valence electrons. The smallest absolute Gasteiger partial charge is 0.218 e. The Morgan fingerprint density at radius 3 is 2.61 bits per heavy atom. The quantitative estimate of drug-likeness (QED) is 0.832. The van der Waals surface area contributed by atoms with E-state index in [-0.39, 0.29) is 10.7 Å². The highest BCUT2D eigenvalue weighted by atomic mass is 32.2. The maximum Gasteiger partial charge on any atom is 0.218 e.